The lowest BCUT2D eigenvalue weighted by Gasteiger charge is -2.16. The zero-order chi connectivity index (χ0) is 9.97. The van der Waals surface area contributed by atoms with E-state index in [9.17, 15) is 0 Å². The minimum absolute atomic E-state index is 0.525. The lowest BCUT2D eigenvalue weighted by molar-refractivity contribution is 0.813. The Bertz CT molecular complexity index is 371. The molecule has 0 aromatic heterocycles. The Morgan fingerprint density at radius 1 is 1.21 bits per heavy atom. The van der Waals surface area contributed by atoms with Crippen molar-refractivity contribution < 1.29 is 0 Å². The van der Waals surface area contributed by atoms with Gasteiger partial charge in [0, 0.05) is 10.9 Å². The van der Waals surface area contributed by atoms with Crippen molar-refractivity contribution in [1.82, 2.24) is 0 Å². The molecule has 1 heteroatoms. The van der Waals surface area contributed by atoms with Crippen LogP contribution in [0.25, 0.3) is 0 Å². The maximum absolute atomic E-state index is 5.85. The van der Waals surface area contributed by atoms with E-state index in [0.29, 0.717) is 5.92 Å². The zero-order valence-electron chi connectivity index (χ0n) is 8.20. The molecule has 1 aliphatic rings. The number of hydrogen-bond acceptors (Lipinski definition) is 0. The van der Waals surface area contributed by atoms with Crippen molar-refractivity contribution in [3.63, 3.8) is 0 Å². The summed E-state index contributed by atoms with van der Waals surface area (Å²) in [6.45, 7) is 2.17. The summed E-state index contributed by atoms with van der Waals surface area (Å²) in [4.78, 5) is 0. The molecular weight excluding hydrogens is 192 g/mol. The van der Waals surface area contributed by atoms with Crippen molar-refractivity contribution in [3.8, 4) is 0 Å². The summed E-state index contributed by atoms with van der Waals surface area (Å²) >= 11 is 5.85. The highest BCUT2D eigenvalue weighted by atomic mass is 35.5. The molecule has 0 saturated heterocycles. The molecule has 0 N–H and O–H groups in total. The van der Waals surface area contributed by atoms with Gasteiger partial charge in [-0.3, -0.25) is 0 Å². The topological polar surface area (TPSA) is 0 Å². The fourth-order valence-corrected chi connectivity index (χ4v) is 1.90. The van der Waals surface area contributed by atoms with Crippen molar-refractivity contribution in [3.05, 3.63) is 58.7 Å². The van der Waals surface area contributed by atoms with Crippen LogP contribution in [0.5, 0.6) is 0 Å². The molecule has 1 atom stereocenters. The Balaban J connectivity index is 2.21. The lowest BCUT2D eigenvalue weighted by atomic mass is 9.89. The molecule has 14 heavy (non-hydrogen) atoms. The predicted octanol–water partition coefficient (Wildman–Crippen LogP) is 4.33. The van der Waals surface area contributed by atoms with Crippen LogP contribution in [0.4, 0.5) is 0 Å². The summed E-state index contributed by atoms with van der Waals surface area (Å²) in [7, 11) is 0. The molecule has 0 nitrogen and oxygen atoms in total. The molecule has 1 aliphatic carbocycles. The normalized spacial score (nSPS) is 20.7. The fourth-order valence-electron chi connectivity index (χ4n) is 1.78. The van der Waals surface area contributed by atoms with Gasteiger partial charge in [0.15, 0.2) is 0 Å². The first kappa shape index (κ1) is 9.54. The molecule has 1 unspecified atom stereocenters. The third kappa shape index (κ3) is 2.08. The first-order chi connectivity index (χ1) is 6.75. The van der Waals surface area contributed by atoms with E-state index in [1.54, 1.807) is 0 Å². The van der Waals surface area contributed by atoms with Gasteiger partial charge in [-0.25, -0.2) is 0 Å². The highest BCUT2D eigenvalue weighted by Crippen LogP contribution is 2.28. The van der Waals surface area contributed by atoms with Crippen LogP contribution in [0, 0.1) is 0 Å². The van der Waals surface area contributed by atoms with Crippen LogP contribution in [0.3, 0.4) is 0 Å². The molecular formula is C13H13Cl. The number of hydrogen-bond donors (Lipinski definition) is 0. The Morgan fingerprint density at radius 3 is 2.57 bits per heavy atom. The summed E-state index contributed by atoms with van der Waals surface area (Å²) < 4.78 is 0. The zero-order valence-corrected chi connectivity index (χ0v) is 8.96. The molecule has 0 saturated carbocycles. The Labute approximate surface area is 89.9 Å². The van der Waals surface area contributed by atoms with E-state index in [0.717, 1.165) is 11.4 Å². The van der Waals surface area contributed by atoms with Gasteiger partial charge < -0.3 is 0 Å². The second kappa shape index (κ2) is 4.02. The highest BCUT2D eigenvalue weighted by molar-refractivity contribution is 6.30. The largest absolute Gasteiger partial charge is 0.0843 e. The molecule has 72 valence electrons. The number of benzene rings is 1. The second-order valence-electron chi connectivity index (χ2n) is 3.76. The Morgan fingerprint density at radius 2 is 1.93 bits per heavy atom. The molecule has 0 bridgehead atoms. The summed E-state index contributed by atoms with van der Waals surface area (Å²) in [6.07, 6.45) is 7.68. The summed E-state index contributed by atoms with van der Waals surface area (Å²) in [6, 6.07) is 8.13. The van der Waals surface area contributed by atoms with Crippen molar-refractivity contribution in [1.29, 1.82) is 0 Å². The van der Waals surface area contributed by atoms with E-state index in [1.807, 2.05) is 12.1 Å². The van der Waals surface area contributed by atoms with Gasteiger partial charge in [0.05, 0.1) is 0 Å². The smallest absolute Gasteiger partial charge is 0.0406 e. The molecule has 0 fully saturated rings. The monoisotopic (exact) mass is 204 g/mol. The van der Waals surface area contributed by atoms with Crippen molar-refractivity contribution in [2.45, 2.75) is 19.3 Å². The fraction of sp³-hybridized carbons (Fsp3) is 0.231. The van der Waals surface area contributed by atoms with Crippen molar-refractivity contribution in [2.75, 3.05) is 0 Å². The van der Waals surface area contributed by atoms with Gasteiger partial charge in [-0.1, -0.05) is 47.5 Å². The molecule has 0 radical (unpaired) electrons. The van der Waals surface area contributed by atoms with Gasteiger partial charge in [0.2, 0.25) is 0 Å². The quantitative estimate of drug-likeness (QED) is 0.639. The maximum Gasteiger partial charge on any atom is 0.0406 e. The van der Waals surface area contributed by atoms with E-state index < -0.39 is 0 Å². The van der Waals surface area contributed by atoms with Crippen LogP contribution >= 0.6 is 11.6 Å². The third-order valence-corrected chi connectivity index (χ3v) is 2.82. The lowest BCUT2D eigenvalue weighted by Crippen LogP contribution is -1.98. The number of rotatable bonds is 1. The van der Waals surface area contributed by atoms with Crippen LogP contribution < -0.4 is 0 Å². The van der Waals surface area contributed by atoms with E-state index in [1.165, 1.54) is 11.1 Å². The van der Waals surface area contributed by atoms with Crippen LogP contribution in [0.15, 0.2) is 48.1 Å². The van der Waals surface area contributed by atoms with Gasteiger partial charge in [0.1, 0.15) is 0 Å². The first-order valence-electron chi connectivity index (χ1n) is 4.85. The molecule has 0 aliphatic heterocycles. The van der Waals surface area contributed by atoms with E-state index in [-0.39, 0.29) is 0 Å². The first-order valence-corrected chi connectivity index (χ1v) is 5.23. The van der Waals surface area contributed by atoms with E-state index in [2.05, 4.69) is 37.3 Å². The van der Waals surface area contributed by atoms with E-state index >= 15 is 0 Å². The summed E-state index contributed by atoms with van der Waals surface area (Å²) in [5.74, 6) is 0.525. The second-order valence-corrected chi connectivity index (χ2v) is 4.20. The van der Waals surface area contributed by atoms with Crippen molar-refractivity contribution >= 4 is 11.6 Å². The van der Waals surface area contributed by atoms with Gasteiger partial charge in [-0.2, -0.15) is 0 Å². The predicted molar refractivity (Wildman–Crippen MR) is 61.7 cm³/mol. The molecule has 1 aromatic carbocycles. The molecule has 0 amide bonds. The maximum atomic E-state index is 5.85. The van der Waals surface area contributed by atoms with Crippen LogP contribution in [0.1, 0.15) is 24.8 Å². The van der Waals surface area contributed by atoms with Gasteiger partial charge in [-0.15, -0.1) is 0 Å². The minimum atomic E-state index is 0.525. The average molecular weight is 205 g/mol. The SMILES string of the molecule is CC1=CC=CC(c2ccc(Cl)cc2)C1. The minimum Gasteiger partial charge on any atom is -0.0843 e. The standard InChI is InChI=1S/C13H13Cl/c1-10-3-2-4-12(9-10)11-5-7-13(14)8-6-11/h2-8,12H,9H2,1H3. The Hall–Kier alpha value is -1.01. The highest BCUT2D eigenvalue weighted by Gasteiger charge is 2.10. The van der Waals surface area contributed by atoms with Gasteiger partial charge >= 0.3 is 0 Å². The number of allylic oxidation sites excluding steroid dienone is 4. The van der Waals surface area contributed by atoms with Crippen molar-refractivity contribution in [2.24, 2.45) is 0 Å². The van der Waals surface area contributed by atoms with Gasteiger partial charge in [-0.05, 0) is 31.0 Å². The third-order valence-electron chi connectivity index (χ3n) is 2.56. The number of halogens is 1. The van der Waals surface area contributed by atoms with Crippen LogP contribution in [-0.2, 0) is 0 Å². The van der Waals surface area contributed by atoms with Crippen LogP contribution in [0.2, 0.25) is 5.02 Å². The summed E-state index contributed by atoms with van der Waals surface area (Å²) in [5.41, 5.74) is 2.78. The van der Waals surface area contributed by atoms with E-state index in [4.69, 9.17) is 11.6 Å². The molecule has 0 heterocycles. The average Bonchev–Trinajstić information content (AvgIpc) is 2.19. The molecule has 1 aromatic rings. The van der Waals surface area contributed by atoms with Crippen LogP contribution in [-0.4, -0.2) is 0 Å². The van der Waals surface area contributed by atoms with Gasteiger partial charge in [0.25, 0.3) is 0 Å². The molecule has 0 spiro atoms. The summed E-state index contributed by atoms with van der Waals surface area (Å²) in [5, 5.41) is 0.806. The molecule has 2 rings (SSSR count). The Kier molecular flexibility index (Phi) is 2.74.